The second-order valence-electron chi connectivity index (χ2n) is 4.05. The molecular formula is C12H19N5. The molecule has 0 amide bonds. The van der Waals surface area contributed by atoms with Crippen molar-refractivity contribution >= 4 is 5.65 Å². The number of nitrogens with zero attached hydrogens (tertiary/aromatic N) is 3. The minimum absolute atomic E-state index is 0.646. The summed E-state index contributed by atoms with van der Waals surface area (Å²) < 4.78 is 2.03. The molecule has 0 aromatic carbocycles. The van der Waals surface area contributed by atoms with Gasteiger partial charge >= 0.3 is 0 Å². The van der Waals surface area contributed by atoms with Crippen LogP contribution in [0.2, 0.25) is 0 Å². The van der Waals surface area contributed by atoms with Crippen molar-refractivity contribution in [2.75, 3.05) is 26.2 Å². The van der Waals surface area contributed by atoms with E-state index < -0.39 is 0 Å². The van der Waals surface area contributed by atoms with Crippen molar-refractivity contribution < 1.29 is 0 Å². The Morgan fingerprint density at radius 3 is 2.59 bits per heavy atom. The molecule has 0 aliphatic heterocycles. The van der Waals surface area contributed by atoms with Gasteiger partial charge in [0.15, 0.2) is 0 Å². The van der Waals surface area contributed by atoms with E-state index in [1.54, 1.807) is 0 Å². The predicted octanol–water partition coefficient (Wildman–Crippen LogP) is 0.0537. The molecular weight excluding hydrogens is 214 g/mol. The molecule has 0 aliphatic rings. The van der Waals surface area contributed by atoms with Crippen molar-refractivity contribution in [2.45, 2.75) is 6.54 Å². The second-order valence-corrected chi connectivity index (χ2v) is 4.05. The van der Waals surface area contributed by atoms with Crippen molar-refractivity contribution in [3.63, 3.8) is 0 Å². The average Bonchev–Trinajstić information content (AvgIpc) is 2.71. The SMILES string of the molecule is NCCN(CCN)Cc1cn2ccccc2n1. The Balaban J connectivity index is 2.10. The zero-order valence-electron chi connectivity index (χ0n) is 9.92. The minimum atomic E-state index is 0.646. The van der Waals surface area contributed by atoms with Gasteiger partial charge in [0.2, 0.25) is 0 Å². The van der Waals surface area contributed by atoms with Gasteiger partial charge in [0.1, 0.15) is 5.65 Å². The van der Waals surface area contributed by atoms with Crippen LogP contribution in [0, 0.1) is 0 Å². The summed E-state index contributed by atoms with van der Waals surface area (Å²) in [5.41, 5.74) is 13.2. The summed E-state index contributed by atoms with van der Waals surface area (Å²) in [7, 11) is 0. The highest BCUT2D eigenvalue weighted by Crippen LogP contribution is 2.06. The van der Waals surface area contributed by atoms with Crippen LogP contribution in [0.15, 0.2) is 30.6 Å². The zero-order chi connectivity index (χ0) is 12.1. The molecule has 5 nitrogen and oxygen atoms in total. The number of imidazole rings is 1. The maximum absolute atomic E-state index is 5.58. The van der Waals surface area contributed by atoms with Crippen molar-refractivity contribution in [1.82, 2.24) is 14.3 Å². The summed E-state index contributed by atoms with van der Waals surface area (Å²) in [6, 6.07) is 5.99. The Morgan fingerprint density at radius 2 is 1.94 bits per heavy atom. The quantitative estimate of drug-likeness (QED) is 0.739. The lowest BCUT2D eigenvalue weighted by atomic mass is 10.4. The molecule has 4 N–H and O–H groups in total. The van der Waals surface area contributed by atoms with Crippen LogP contribution in [0.1, 0.15) is 5.69 Å². The van der Waals surface area contributed by atoms with Crippen LogP contribution in [-0.2, 0) is 6.54 Å². The lowest BCUT2D eigenvalue weighted by Gasteiger charge is -2.19. The van der Waals surface area contributed by atoms with Gasteiger partial charge < -0.3 is 15.9 Å². The van der Waals surface area contributed by atoms with Gasteiger partial charge in [-0.3, -0.25) is 4.90 Å². The first-order chi connectivity index (χ1) is 8.33. The Morgan fingerprint density at radius 1 is 1.18 bits per heavy atom. The van der Waals surface area contributed by atoms with Crippen molar-refractivity contribution in [3.05, 3.63) is 36.3 Å². The molecule has 0 spiro atoms. The number of fused-ring (bicyclic) bond motifs is 1. The van der Waals surface area contributed by atoms with Gasteiger partial charge in [-0.2, -0.15) is 0 Å². The molecule has 17 heavy (non-hydrogen) atoms. The number of nitrogens with two attached hydrogens (primary N) is 2. The van der Waals surface area contributed by atoms with E-state index in [0.717, 1.165) is 31.0 Å². The third kappa shape index (κ3) is 3.03. The highest BCUT2D eigenvalue weighted by atomic mass is 15.1. The zero-order valence-corrected chi connectivity index (χ0v) is 9.92. The van der Waals surface area contributed by atoms with Crippen molar-refractivity contribution in [3.8, 4) is 0 Å². The van der Waals surface area contributed by atoms with Crippen LogP contribution in [0.3, 0.4) is 0 Å². The van der Waals surface area contributed by atoms with Gasteiger partial charge in [0, 0.05) is 45.1 Å². The van der Waals surface area contributed by atoms with Crippen LogP contribution < -0.4 is 11.5 Å². The number of hydrogen-bond acceptors (Lipinski definition) is 4. The van der Waals surface area contributed by atoms with Crippen LogP contribution in [0.4, 0.5) is 0 Å². The van der Waals surface area contributed by atoms with Crippen LogP contribution in [0.5, 0.6) is 0 Å². The molecule has 0 atom stereocenters. The van der Waals surface area contributed by atoms with Gasteiger partial charge in [-0.15, -0.1) is 0 Å². The molecule has 0 saturated heterocycles. The molecule has 0 bridgehead atoms. The standard InChI is InChI=1S/C12H19N5/c13-4-7-16(8-5-14)9-11-10-17-6-2-1-3-12(17)15-11/h1-3,6,10H,4-5,7-9,13-14H2. The second kappa shape index (κ2) is 5.77. The summed E-state index contributed by atoms with van der Waals surface area (Å²) in [5, 5.41) is 0. The predicted molar refractivity (Wildman–Crippen MR) is 68.6 cm³/mol. The third-order valence-electron chi connectivity index (χ3n) is 2.69. The summed E-state index contributed by atoms with van der Waals surface area (Å²) in [4.78, 5) is 6.78. The summed E-state index contributed by atoms with van der Waals surface area (Å²) in [6.45, 7) is 3.80. The molecule has 2 rings (SSSR count). The van der Waals surface area contributed by atoms with Gasteiger partial charge in [0.05, 0.1) is 5.69 Å². The summed E-state index contributed by atoms with van der Waals surface area (Å²) in [5.74, 6) is 0. The first kappa shape index (κ1) is 12.0. The lowest BCUT2D eigenvalue weighted by Crippen LogP contribution is -2.33. The molecule has 2 heterocycles. The highest BCUT2D eigenvalue weighted by Gasteiger charge is 2.07. The summed E-state index contributed by atoms with van der Waals surface area (Å²) in [6.07, 6.45) is 4.05. The first-order valence-corrected chi connectivity index (χ1v) is 5.88. The monoisotopic (exact) mass is 233 g/mol. The highest BCUT2D eigenvalue weighted by molar-refractivity contribution is 5.39. The fraction of sp³-hybridized carbons (Fsp3) is 0.417. The molecule has 92 valence electrons. The maximum atomic E-state index is 5.58. The fourth-order valence-corrected chi connectivity index (χ4v) is 1.93. The molecule has 0 unspecified atom stereocenters. The van der Waals surface area contributed by atoms with E-state index in [0.29, 0.717) is 13.1 Å². The Bertz CT molecular complexity index is 426. The van der Waals surface area contributed by atoms with Gasteiger partial charge in [-0.25, -0.2) is 4.98 Å². The van der Waals surface area contributed by atoms with Crippen LogP contribution in [-0.4, -0.2) is 40.5 Å². The first-order valence-electron chi connectivity index (χ1n) is 5.88. The minimum Gasteiger partial charge on any atom is -0.329 e. The van der Waals surface area contributed by atoms with E-state index in [9.17, 15) is 0 Å². The Labute approximate surface area is 101 Å². The molecule has 0 aliphatic carbocycles. The molecule has 0 saturated carbocycles. The normalized spacial score (nSPS) is 11.5. The lowest BCUT2D eigenvalue weighted by molar-refractivity contribution is 0.278. The van der Waals surface area contributed by atoms with Crippen molar-refractivity contribution in [1.29, 1.82) is 0 Å². The Hall–Kier alpha value is -1.43. The van der Waals surface area contributed by atoms with Gasteiger partial charge in [-0.05, 0) is 12.1 Å². The topological polar surface area (TPSA) is 72.6 Å². The number of pyridine rings is 1. The molecule has 2 aromatic heterocycles. The number of hydrogen-bond donors (Lipinski definition) is 2. The van der Waals surface area contributed by atoms with Crippen molar-refractivity contribution in [2.24, 2.45) is 11.5 Å². The van der Waals surface area contributed by atoms with E-state index >= 15 is 0 Å². The number of rotatable bonds is 6. The average molecular weight is 233 g/mol. The van der Waals surface area contributed by atoms with E-state index in [1.807, 2.05) is 28.8 Å². The summed E-state index contributed by atoms with van der Waals surface area (Å²) >= 11 is 0. The smallest absolute Gasteiger partial charge is 0.137 e. The van der Waals surface area contributed by atoms with E-state index in [1.165, 1.54) is 0 Å². The van der Waals surface area contributed by atoms with Gasteiger partial charge in [-0.1, -0.05) is 6.07 Å². The third-order valence-corrected chi connectivity index (χ3v) is 2.69. The van der Waals surface area contributed by atoms with E-state index in [4.69, 9.17) is 11.5 Å². The van der Waals surface area contributed by atoms with E-state index in [-0.39, 0.29) is 0 Å². The number of aromatic nitrogens is 2. The van der Waals surface area contributed by atoms with Crippen LogP contribution >= 0.6 is 0 Å². The van der Waals surface area contributed by atoms with E-state index in [2.05, 4.69) is 16.1 Å². The van der Waals surface area contributed by atoms with Gasteiger partial charge in [0.25, 0.3) is 0 Å². The molecule has 0 radical (unpaired) electrons. The molecule has 2 aromatic rings. The molecule has 0 fully saturated rings. The largest absolute Gasteiger partial charge is 0.329 e. The fourth-order valence-electron chi connectivity index (χ4n) is 1.93. The maximum Gasteiger partial charge on any atom is 0.137 e. The van der Waals surface area contributed by atoms with Crippen LogP contribution in [0.25, 0.3) is 5.65 Å². The Kier molecular flexibility index (Phi) is 4.08. The molecule has 5 heteroatoms.